The van der Waals surface area contributed by atoms with E-state index < -0.39 is 6.10 Å². The highest BCUT2D eigenvalue weighted by Crippen LogP contribution is 2.15. The van der Waals surface area contributed by atoms with Crippen LogP contribution in [-0.4, -0.2) is 37.2 Å². The standard InChI is InChI=1S/C65H106O6/c1-4-7-10-13-16-19-22-25-28-30-31-32-33-35-37-40-43-46-49-52-55-58-64(67)70-61-62(60-69-63(66)57-54-51-48-45-42-39-36-27-24-21-18-15-12-9-6-3)71-65(68)59-56-53-50-47-44-41-38-34-29-26-23-20-17-14-11-8-5-2/h7,9-10,12,16,18-19,21,25,27-28,31-32,35-37,42-43,45-46,62H,4-6,8,11,13-15,17,20,22-24,26,29-30,33-34,38-41,44,47-61H2,1-3H3/b10-7-,12-9-,19-16-,21-18-,28-25-,32-31-,36-27-,37-35-,45-42-,46-43-. The number of carbonyl (C=O) groups excluding carboxylic acids is 3. The number of hydrogen-bond acceptors (Lipinski definition) is 6. The molecule has 0 bridgehead atoms. The van der Waals surface area contributed by atoms with Gasteiger partial charge >= 0.3 is 17.9 Å². The Kier molecular flexibility index (Phi) is 54.9. The van der Waals surface area contributed by atoms with Crippen molar-refractivity contribution < 1.29 is 28.6 Å². The van der Waals surface area contributed by atoms with Crippen LogP contribution in [0.2, 0.25) is 0 Å². The molecule has 0 radical (unpaired) electrons. The fraction of sp³-hybridized carbons (Fsp3) is 0.646. The van der Waals surface area contributed by atoms with Crippen LogP contribution in [0, 0.1) is 0 Å². The Morgan fingerprint density at radius 2 is 0.549 bits per heavy atom. The first-order valence-electron chi connectivity index (χ1n) is 29.0. The van der Waals surface area contributed by atoms with E-state index >= 15 is 0 Å². The third kappa shape index (κ3) is 56.6. The highest BCUT2D eigenvalue weighted by molar-refractivity contribution is 5.71. The summed E-state index contributed by atoms with van der Waals surface area (Å²) in [4.78, 5) is 38.2. The summed E-state index contributed by atoms with van der Waals surface area (Å²) in [5.41, 5.74) is 0. The molecule has 0 aromatic carbocycles. The van der Waals surface area contributed by atoms with Gasteiger partial charge in [0.1, 0.15) is 13.2 Å². The largest absolute Gasteiger partial charge is 0.462 e. The molecule has 0 aliphatic rings. The molecule has 0 aromatic rings. The van der Waals surface area contributed by atoms with Crippen molar-refractivity contribution in [3.8, 4) is 0 Å². The van der Waals surface area contributed by atoms with Crippen LogP contribution >= 0.6 is 0 Å². The Balaban J connectivity index is 4.52. The van der Waals surface area contributed by atoms with Crippen molar-refractivity contribution in [3.05, 3.63) is 122 Å². The Morgan fingerprint density at radius 1 is 0.296 bits per heavy atom. The average Bonchev–Trinajstić information content (AvgIpc) is 3.37. The van der Waals surface area contributed by atoms with Crippen molar-refractivity contribution in [1.29, 1.82) is 0 Å². The molecule has 0 amide bonds. The van der Waals surface area contributed by atoms with Crippen LogP contribution in [0.15, 0.2) is 122 Å². The van der Waals surface area contributed by atoms with Gasteiger partial charge in [-0.1, -0.05) is 245 Å². The Labute approximate surface area is 437 Å². The van der Waals surface area contributed by atoms with Crippen LogP contribution in [0.1, 0.15) is 252 Å². The topological polar surface area (TPSA) is 78.9 Å². The molecule has 0 aliphatic carbocycles. The summed E-state index contributed by atoms with van der Waals surface area (Å²) in [7, 11) is 0. The molecule has 0 N–H and O–H groups in total. The molecule has 0 fully saturated rings. The minimum atomic E-state index is -0.815. The highest BCUT2D eigenvalue weighted by atomic mass is 16.6. The first-order chi connectivity index (χ1) is 35.0. The molecule has 71 heavy (non-hydrogen) atoms. The van der Waals surface area contributed by atoms with E-state index in [4.69, 9.17) is 14.2 Å². The van der Waals surface area contributed by atoms with Gasteiger partial charge in [0.05, 0.1) is 0 Å². The number of esters is 3. The molecule has 1 unspecified atom stereocenters. The number of hydrogen-bond donors (Lipinski definition) is 0. The second-order valence-corrected chi connectivity index (χ2v) is 18.8. The van der Waals surface area contributed by atoms with Crippen LogP contribution in [0.25, 0.3) is 0 Å². The first-order valence-corrected chi connectivity index (χ1v) is 29.0. The van der Waals surface area contributed by atoms with E-state index in [2.05, 4.69) is 142 Å². The second-order valence-electron chi connectivity index (χ2n) is 18.8. The summed E-state index contributed by atoms with van der Waals surface area (Å²) < 4.78 is 16.8. The van der Waals surface area contributed by atoms with E-state index in [-0.39, 0.29) is 31.1 Å². The van der Waals surface area contributed by atoms with Crippen LogP contribution < -0.4 is 0 Å². The normalized spacial score (nSPS) is 13.0. The SMILES string of the molecule is CC/C=C\C/C=C\C/C=C\C/C=C\C/C=C\C/C=C\CCCCC(=O)OCC(COC(=O)CCCC/C=C\C/C=C\C/C=C\C/C=C\CC)OC(=O)CCCCCCCCCCCCCCCCCCC. The van der Waals surface area contributed by atoms with Gasteiger partial charge in [0.2, 0.25) is 0 Å². The molecule has 0 saturated carbocycles. The van der Waals surface area contributed by atoms with Gasteiger partial charge < -0.3 is 14.2 Å². The molecule has 0 aliphatic heterocycles. The molecule has 0 rings (SSSR count). The number of allylic oxidation sites excluding steroid dienone is 20. The molecular weight excluding hydrogens is 877 g/mol. The molecular formula is C65H106O6. The van der Waals surface area contributed by atoms with Crippen molar-refractivity contribution in [3.63, 3.8) is 0 Å². The van der Waals surface area contributed by atoms with Gasteiger partial charge in [-0.2, -0.15) is 0 Å². The fourth-order valence-electron chi connectivity index (χ4n) is 7.67. The summed E-state index contributed by atoms with van der Waals surface area (Å²) in [5.74, 6) is -0.994. The number of unbranched alkanes of at least 4 members (excludes halogenated alkanes) is 20. The lowest BCUT2D eigenvalue weighted by molar-refractivity contribution is -0.167. The van der Waals surface area contributed by atoms with E-state index in [1.807, 2.05) is 0 Å². The van der Waals surface area contributed by atoms with E-state index in [1.54, 1.807) is 0 Å². The summed E-state index contributed by atoms with van der Waals surface area (Å²) in [6.07, 6.45) is 80.5. The molecule has 0 aromatic heterocycles. The molecule has 0 heterocycles. The van der Waals surface area contributed by atoms with Crippen molar-refractivity contribution in [2.45, 2.75) is 258 Å². The van der Waals surface area contributed by atoms with E-state index in [0.717, 1.165) is 109 Å². The van der Waals surface area contributed by atoms with Crippen LogP contribution in [-0.2, 0) is 28.6 Å². The maximum absolute atomic E-state index is 12.9. The number of rotatable bonds is 51. The summed E-state index contributed by atoms with van der Waals surface area (Å²) in [6, 6.07) is 0. The summed E-state index contributed by atoms with van der Waals surface area (Å²) in [6.45, 7) is 6.35. The third-order valence-electron chi connectivity index (χ3n) is 12.0. The summed E-state index contributed by atoms with van der Waals surface area (Å²) >= 11 is 0. The zero-order valence-corrected chi connectivity index (χ0v) is 45.9. The Hall–Kier alpha value is -4.19. The lowest BCUT2D eigenvalue weighted by atomic mass is 10.0. The number of carbonyl (C=O) groups is 3. The Bertz CT molecular complexity index is 1500. The Morgan fingerprint density at radius 3 is 0.859 bits per heavy atom. The zero-order valence-electron chi connectivity index (χ0n) is 45.9. The van der Waals surface area contributed by atoms with E-state index in [9.17, 15) is 14.4 Å². The maximum atomic E-state index is 12.9. The number of ether oxygens (including phenoxy) is 3. The van der Waals surface area contributed by atoms with Gasteiger partial charge in [0.25, 0.3) is 0 Å². The molecule has 6 heteroatoms. The average molecular weight is 984 g/mol. The molecule has 0 saturated heterocycles. The highest BCUT2D eigenvalue weighted by Gasteiger charge is 2.19. The maximum Gasteiger partial charge on any atom is 0.306 e. The molecule has 6 nitrogen and oxygen atoms in total. The van der Waals surface area contributed by atoms with Crippen LogP contribution in [0.4, 0.5) is 0 Å². The van der Waals surface area contributed by atoms with Crippen LogP contribution in [0.5, 0.6) is 0 Å². The predicted octanol–water partition coefficient (Wildman–Crippen LogP) is 19.6. The molecule has 402 valence electrons. The van der Waals surface area contributed by atoms with E-state index in [0.29, 0.717) is 32.1 Å². The van der Waals surface area contributed by atoms with Crippen LogP contribution in [0.3, 0.4) is 0 Å². The van der Waals surface area contributed by atoms with Crippen molar-refractivity contribution in [2.75, 3.05) is 13.2 Å². The van der Waals surface area contributed by atoms with Crippen molar-refractivity contribution in [2.24, 2.45) is 0 Å². The fourth-order valence-corrected chi connectivity index (χ4v) is 7.67. The zero-order chi connectivity index (χ0) is 51.4. The lowest BCUT2D eigenvalue weighted by Gasteiger charge is -2.18. The van der Waals surface area contributed by atoms with Gasteiger partial charge in [0, 0.05) is 19.3 Å². The second kappa shape index (κ2) is 58.4. The van der Waals surface area contributed by atoms with Crippen molar-refractivity contribution in [1.82, 2.24) is 0 Å². The van der Waals surface area contributed by atoms with Gasteiger partial charge in [-0.15, -0.1) is 0 Å². The monoisotopic (exact) mass is 983 g/mol. The summed E-state index contributed by atoms with van der Waals surface area (Å²) in [5, 5.41) is 0. The van der Waals surface area contributed by atoms with Gasteiger partial charge in [-0.05, 0) is 109 Å². The molecule has 0 spiro atoms. The smallest absolute Gasteiger partial charge is 0.306 e. The van der Waals surface area contributed by atoms with Gasteiger partial charge in [-0.25, -0.2) is 0 Å². The van der Waals surface area contributed by atoms with Gasteiger partial charge in [0.15, 0.2) is 6.10 Å². The third-order valence-corrected chi connectivity index (χ3v) is 12.0. The quantitative estimate of drug-likeness (QED) is 0.0261. The predicted molar refractivity (Wildman–Crippen MR) is 306 cm³/mol. The van der Waals surface area contributed by atoms with Crippen molar-refractivity contribution >= 4 is 17.9 Å². The molecule has 1 atom stereocenters. The van der Waals surface area contributed by atoms with E-state index in [1.165, 1.54) is 89.9 Å². The first kappa shape index (κ1) is 66.8. The lowest BCUT2D eigenvalue weighted by Crippen LogP contribution is -2.30. The van der Waals surface area contributed by atoms with Gasteiger partial charge in [-0.3, -0.25) is 14.4 Å². The minimum absolute atomic E-state index is 0.115. The minimum Gasteiger partial charge on any atom is -0.462 e.